The highest BCUT2D eigenvalue weighted by molar-refractivity contribution is 5.71. The van der Waals surface area contributed by atoms with E-state index in [1.54, 1.807) is 24.3 Å². The molecule has 0 saturated heterocycles. The minimum absolute atomic E-state index is 0.0856. The number of furan rings is 1. The summed E-state index contributed by atoms with van der Waals surface area (Å²) in [6.45, 7) is 5.61. The van der Waals surface area contributed by atoms with Gasteiger partial charge in [0.2, 0.25) is 0 Å². The first kappa shape index (κ1) is 11.4. The quantitative estimate of drug-likeness (QED) is 0.583. The molecule has 17 heavy (non-hydrogen) atoms. The third-order valence-corrected chi connectivity index (χ3v) is 2.81. The molecule has 0 spiro atoms. The normalized spacial score (nSPS) is 10.5. The van der Waals surface area contributed by atoms with Gasteiger partial charge in [0.25, 0.3) is 5.69 Å². The lowest BCUT2D eigenvalue weighted by atomic mass is 10.0. The van der Waals surface area contributed by atoms with Crippen LogP contribution in [0, 0.1) is 30.9 Å². The van der Waals surface area contributed by atoms with E-state index >= 15 is 0 Å². The first-order chi connectivity index (χ1) is 7.99. The lowest BCUT2D eigenvalue weighted by molar-refractivity contribution is -0.384. The molecule has 1 aromatic carbocycles. The summed E-state index contributed by atoms with van der Waals surface area (Å²) in [7, 11) is 0. The van der Waals surface area contributed by atoms with Crippen LogP contribution in [0.1, 0.15) is 16.9 Å². The van der Waals surface area contributed by atoms with Crippen LogP contribution >= 0.6 is 0 Å². The minimum Gasteiger partial charge on any atom is -0.461 e. The minimum atomic E-state index is -0.375. The van der Waals surface area contributed by atoms with E-state index in [2.05, 4.69) is 0 Å². The van der Waals surface area contributed by atoms with Gasteiger partial charge in [-0.05, 0) is 50.1 Å². The van der Waals surface area contributed by atoms with Crippen LogP contribution in [0.2, 0.25) is 0 Å². The lowest BCUT2D eigenvalue weighted by Gasteiger charge is -2.04. The molecule has 1 aromatic heterocycles. The molecule has 4 heteroatoms. The van der Waals surface area contributed by atoms with Gasteiger partial charge in [0.1, 0.15) is 11.5 Å². The number of benzene rings is 1. The monoisotopic (exact) mass is 231 g/mol. The van der Waals surface area contributed by atoms with Crippen LogP contribution in [-0.4, -0.2) is 4.92 Å². The molecule has 4 nitrogen and oxygen atoms in total. The number of hydrogen-bond donors (Lipinski definition) is 0. The largest absolute Gasteiger partial charge is 0.461 e. The molecule has 0 aliphatic heterocycles. The summed E-state index contributed by atoms with van der Waals surface area (Å²) >= 11 is 0. The summed E-state index contributed by atoms with van der Waals surface area (Å²) in [5.74, 6) is 1.28. The SMILES string of the molecule is Cc1ccc(-c2cc(C)c(C)cc2[N+](=O)[O-])o1. The maximum absolute atomic E-state index is 11.0. The molecule has 0 N–H and O–H groups in total. The Balaban J connectivity index is 2.67. The number of aryl methyl sites for hydroxylation is 3. The summed E-state index contributed by atoms with van der Waals surface area (Å²) in [6, 6.07) is 6.94. The van der Waals surface area contributed by atoms with Crippen molar-refractivity contribution >= 4 is 5.69 Å². The zero-order valence-electron chi connectivity index (χ0n) is 9.98. The van der Waals surface area contributed by atoms with Crippen molar-refractivity contribution in [1.82, 2.24) is 0 Å². The molecule has 0 radical (unpaired) electrons. The zero-order valence-corrected chi connectivity index (χ0v) is 9.98. The van der Waals surface area contributed by atoms with Crippen molar-refractivity contribution in [3.05, 3.63) is 51.3 Å². The van der Waals surface area contributed by atoms with Crippen molar-refractivity contribution in [2.45, 2.75) is 20.8 Å². The standard InChI is InChI=1S/C13H13NO3/c1-8-6-11(13-5-4-10(3)17-13)12(14(15)16)7-9(8)2/h4-7H,1-3H3. The average molecular weight is 231 g/mol. The number of nitrogens with zero attached hydrogens (tertiary/aromatic N) is 1. The number of rotatable bonds is 2. The van der Waals surface area contributed by atoms with Crippen LogP contribution in [0.3, 0.4) is 0 Å². The Bertz CT molecular complexity index is 584. The summed E-state index contributed by atoms with van der Waals surface area (Å²) in [4.78, 5) is 10.7. The van der Waals surface area contributed by atoms with Gasteiger partial charge in [-0.25, -0.2) is 0 Å². The summed E-state index contributed by atoms with van der Waals surface area (Å²) < 4.78 is 5.45. The van der Waals surface area contributed by atoms with Gasteiger partial charge in [-0.3, -0.25) is 10.1 Å². The van der Waals surface area contributed by atoms with Gasteiger partial charge >= 0.3 is 0 Å². The van der Waals surface area contributed by atoms with E-state index in [4.69, 9.17) is 4.42 Å². The van der Waals surface area contributed by atoms with Gasteiger partial charge in [0.05, 0.1) is 10.5 Å². The van der Waals surface area contributed by atoms with Crippen molar-refractivity contribution in [2.75, 3.05) is 0 Å². The van der Waals surface area contributed by atoms with Gasteiger partial charge in [-0.15, -0.1) is 0 Å². The second kappa shape index (κ2) is 4.05. The molecule has 2 rings (SSSR count). The average Bonchev–Trinajstić information content (AvgIpc) is 2.68. The predicted octanol–water partition coefficient (Wildman–Crippen LogP) is 3.78. The Kier molecular flexibility index (Phi) is 2.71. The fourth-order valence-corrected chi connectivity index (χ4v) is 1.73. The Morgan fingerprint density at radius 3 is 2.29 bits per heavy atom. The lowest BCUT2D eigenvalue weighted by Crippen LogP contribution is -1.94. The Morgan fingerprint density at radius 1 is 1.12 bits per heavy atom. The highest BCUT2D eigenvalue weighted by Crippen LogP contribution is 2.33. The fraction of sp³-hybridized carbons (Fsp3) is 0.231. The Labute approximate surface area is 99.0 Å². The summed E-state index contributed by atoms with van der Waals surface area (Å²) in [5.41, 5.74) is 2.54. The smallest absolute Gasteiger partial charge is 0.280 e. The van der Waals surface area contributed by atoms with E-state index < -0.39 is 0 Å². The van der Waals surface area contributed by atoms with E-state index in [-0.39, 0.29) is 10.6 Å². The van der Waals surface area contributed by atoms with Gasteiger partial charge < -0.3 is 4.42 Å². The predicted molar refractivity (Wildman–Crippen MR) is 65.0 cm³/mol. The second-order valence-corrected chi connectivity index (χ2v) is 4.12. The third-order valence-electron chi connectivity index (χ3n) is 2.81. The number of hydrogen-bond acceptors (Lipinski definition) is 3. The molecule has 0 bridgehead atoms. The van der Waals surface area contributed by atoms with Crippen molar-refractivity contribution in [2.24, 2.45) is 0 Å². The fourth-order valence-electron chi connectivity index (χ4n) is 1.73. The van der Waals surface area contributed by atoms with Crippen LogP contribution in [0.5, 0.6) is 0 Å². The van der Waals surface area contributed by atoms with E-state index in [0.29, 0.717) is 11.3 Å². The van der Waals surface area contributed by atoms with E-state index in [9.17, 15) is 10.1 Å². The van der Waals surface area contributed by atoms with Crippen LogP contribution < -0.4 is 0 Å². The van der Waals surface area contributed by atoms with E-state index in [1.165, 1.54) is 0 Å². The Morgan fingerprint density at radius 2 is 1.76 bits per heavy atom. The third kappa shape index (κ3) is 2.06. The number of nitro benzene ring substituents is 1. The van der Waals surface area contributed by atoms with Gasteiger partial charge in [0.15, 0.2) is 0 Å². The Hall–Kier alpha value is -2.10. The molecule has 0 aliphatic carbocycles. The molecule has 88 valence electrons. The van der Waals surface area contributed by atoms with E-state index in [1.807, 2.05) is 20.8 Å². The maximum Gasteiger partial charge on any atom is 0.280 e. The van der Waals surface area contributed by atoms with Gasteiger partial charge in [0, 0.05) is 6.07 Å². The highest BCUT2D eigenvalue weighted by Gasteiger charge is 2.19. The van der Waals surface area contributed by atoms with Crippen LogP contribution in [0.15, 0.2) is 28.7 Å². The van der Waals surface area contributed by atoms with Crippen molar-refractivity contribution in [3.63, 3.8) is 0 Å². The molecule has 0 amide bonds. The molecule has 0 unspecified atom stereocenters. The van der Waals surface area contributed by atoms with E-state index in [0.717, 1.165) is 16.9 Å². The van der Waals surface area contributed by atoms with Crippen LogP contribution in [-0.2, 0) is 0 Å². The molecule has 1 heterocycles. The molecule has 0 fully saturated rings. The van der Waals surface area contributed by atoms with Crippen LogP contribution in [0.25, 0.3) is 11.3 Å². The van der Waals surface area contributed by atoms with Gasteiger partial charge in [-0.1, -0.05) is 0 Å². The van der Waals surface area contributed by atoms with Crippen molar-refractivity contribution in [3.8, 4) is 11.3 Å². The molecule has 0 saturated carbocycles. The second-order valence-electron chi connectivity index (χ2n) is 4.12. The first-order valence-corrected chi connectivity index (χ1v) is 5.31. The molecular formula is C13H13NO3. The zero-order chi connectivity index (χ0) is 12.6. The molecular weight excluding hydrogens is 218 g/mol. The molecule has 0 aliphatic rings. The van der Waals surface area contributed by atoms with Gasteiger partial charge in [-0.2, -0.15) is 0 Å². The van der Waals surface area contributed by atoms with Crippen molar-refractivity contribution < 1.29 is 9.34 Å². The molecule has 0 atom stereocenters. The molecule has 2 aromatic rings. The highest BCUT2D eigenvalue weighted by atomic mass is 16.6. The topological polar surface area (TPSA) is 56.3 Å². The van der Waals surface area contributed by atoms with Crippen LogP contribution in [0.4, 0.5) is 5.69 Å². The first-order valence-electron chi connectivity index (χ1n) is 5.31. The number of nitro groups is 1. The van der Waals surface area contributed by atoms with Crippen molar-refractivity contribution in [1.29, 1.82) is 0 Å². The summed E-state index contributed by atoms with van der Waals surface area (Å²) in [5, 5.41) is 11.0. The summed E-state index contributed by atoms with van der Waals surface area (Å²) in [6.07, 6.45) is 0. The maximum atomic E-state index is 11.0.